The Morgan fingerprint density at radius 2 is 1.96 bits per heavy atom. The quantitative estimate of drug-likeness (QED) is 0.577. The Bertz CT molecular complexity index is 951. The molecule has 0 aliphatic heterocycles. The fourth-order valence-corrected chi connectivity index (χ4v) is 3.23. The van der Waals surface area contributed by atoms with Crippen LogP contribution in [0.15, 0.2) is 51.5 Å². The number of nitrogens with one attached hydrogen (secondary N) is 1. The van der Waals surface area contributed by atoms with Crippen LogP contribution in [0.1, 0.15) is 30.4 Å². The van der Waals surface area contributed by atoms with Crippen molar-refractivity contribution in [1.29, 1.82) is 0 Å². The normalized spacial score (nSPS) is 11.9. The fourth-order valence-electron chi connectivity index (χ4n) is 2.84. The average molecular weight is 444 g/mol. The highest BCUT2D eigenvalue weighted by Gasteiger charge is 2.19. The summed E-state index contributed by atoms with van der Waals surface area (Å²) < 4.78 is 12.0. The first kappa shape index (κ1) is 20.1. The molecule has 1 atom stereocenters. The first-order valence-corrected chi connectivity index (χ1v) is 9.85. The second kappa shape index (κ2) is 9.01. The summed E-state index contributed by atoms with van der Waals surface area (Å²) in [7, 11) is 0. The highest BCUT2D eigenvalue weighted by atomic mass is 79.9. The molecule has 0 unspecified atom stereocenters. The van der Waals surface area contributed by atoms with E-state index in [1.807, 2.05) is 57.2 Å². The molecule has 1 amide bonds. The molecule has 2 aromatic carbocycles. The van der Waals surface area contributed by atoms with Gasteiger partial charge in [0.1, 0.15) is 5.75 Å². The van der Waals surface area contributed by atoms with Gasteiger partial charge in [0.05, 0.1) is 6.54 Å². The largest absolute Gasteiger partial charge is 0.481 e. The van der Waals surface area contributed by atoms with Gasteiger partial charge < -0.3 is 14.6 Å². The van der Waals surface area contributed by atoms with Crippen molar-refractivity contribution in [3.63, 3.8) is 0 Å². The lowest BCUT2D eigenvalue weighted by Crippen LogP contribution is -2.37. The average Bonchev–Trinajstić information content (AvgIpc) is 3.12. The van der Waals surface area contributed by atoms with Crippen LogP contribution in [0.5, 0.6) is 5.75 Å². The summed E-state index contributed by atoms with van der Waals surface area (Å²) in [6.45, 7) is 6.05. The molecule has 0 fully saturated rings. The first-order chi connectivity index (χ1) is 13.4. The molecule has 7 heteroatoms. The number of nitrogens with zero attached hydrogens (tertiary/aromatic N) is 2. The minimum absolute atomic E-state index is 0.145. The van der Waals surface area contributed by atoms with Crippen molar-refractivity contribution in [2.45, 2.75) is 39.8 Å². The van der Waals surface area contributed by atoms with Gasteiger partial charge >= 0.3 is 0 Å². The molecule has 0 spiro atoms. The Morgan fingerprint density at radius 1 is 1.21 bits per heavy atom. The number of carbonyl (C=O) groups is 1. The van der Waals surface area contributed by atoms with Gasteiger partial charge in [-0.05, 0) is 55.7 Å². The van der Waals surface area contributed by atoms with Crippen LogP contribution in [-0.4, -0.2) is 22.2 Å². The number of ether oxygens (including phenoxy) is 1. The van der Waals surface area contributed by atoms with Crippen molar-refractivity contribution in [3.8, 4) is 17.1 Å². The maximum atomic E-state index is 12.5. The predicted octanol–water partition coefficient (Wildman–Crippen LogP) is 4.59. The third-order valence-electron chi connectivity index (χ3n) is 4.10. The lowest BCUT2D eigenvalue weighted by molar-refractivity contribution is -0.128. The van der Waals surface area contributed by atoms with E-state index in [-0.39, 0.29) is 12.5 Å². The third kappa shape index (κ3) is 5.19. The van der Waals surface area contributed by atoms with E-state index < -0.39 is 6.10 Å². The van der Waals surface area contributed by atoms with Crippen molar-refractivity contribution in [3.05, 3.63) is 64.0 Å². The molecule has 146 valence electrons. The molecule has 28 heavy (non-hydrogen) atoms. The Morgan fingerprint density at radius 3 is 2.64 bits per heavy atom. The highest BCUT2D eigenvalue weighted by Crippen LogP contribution is 2.21. The number of amides is 1. The van der Waals surface area contributed by atoms with Gasteiger partial charge in [0.25, 0.3) is 5.91 Å². The van der Waals surface area contributed by atoms with Gasteiger partial charge in [-0.1, -0.05) is 46.2 Å². The number of hydrogen-bond donors (Lipinski definition) is 1. The maximum absolute atomic E-state index is 12.5. The summed E-state index contributed by atoms with van der Waals surface area (Å²) in [6, 6.07) is 13.5. The van der Waals surface area contributed by atoms with Crippen LogP contribution in [0.2, 0.25) is 0 Å². The van der Waals surface area contributed by atoms with Crippen LogP contribution in [0, 0.1) is 13.8 Å². The topological polar surface area (TPSA) is 77.2 Å². The lowest BCUT2D eigenvalue weighted by atomic mass is 10.1. The molecule has 3 aromatic rings. The summed E-state index contributed by atoms with van der Waals surface area (Å²) in [4.78, 5) is 16.8. The fraction of sp³-hybridized carbons (Fsp3) is 0.286. The van der Waals surface area contributed by atoms with Crippen LogP contribution in [0.25, 0.3) is 11.4 Å². The monoisotopic (exact) mass is 443 g/mol. The third-order valence-corrected chi connectivity index (χ3v) is 4.59. The van der Waals surface area contributed by atoms with Crippen LogP contribution in [0.4, 0.5) is 0 Å². The van der Waals surface area contributed by atoms with E-state index in [1.165, 1.54) is 0 Å². The van der Waals surface area contributed by atoms with E-state index in [4.69, 9.17) is 9.26 Å². The molecule has 0 saturated heterocycles. The van der Waals surface area contributed by atoms with Gasteiger partial charge in [-0.25, -0.2) is 0 Å². The Hall–Kier alpha value is -2.67. The number of rotatable bonds is 7. The Labute approximate surface area is 172 Å². The molecule has 0 radical (unpaired) electrons. The molecular weight excluding hydrogens is 422 g/mol. The molecule has 1 heterocycles. The predicted molar refractivity (Wildman–Crippen MR) is 110 cm³/mol. The summed E-state index contributed by atoms with van der Waals surface area (Å²) in [5, 5.41) is 6.77. The van der Waals surface area contributed by atoms with Gasteiger partial charge in [-0.15, -0.1) is 0 Å². The summed E-state index contributed by atoms with van der Waals surface area (Å²) in [5.74, 6) is 1.28. The number of benzene rings is 2. The minimum Gasteiger partial charge on any atom is -0.481 e. The molecule has 3 rings (SSSR count). The van der Waals surface area contributed by atoms with E-state index in [1.54, 1.807) is 0 Å². The molecular formula is C21H22BrN3O3. The van der Waals surface area contributed by atoms with Gasteiger partial charge in [0, 0.05) is 10.0 Å². The smallest absolute Gasteiger partial charge is 0.261 e. The number of carbonyl (C=O) groups excluding carboxylic acids is 1. The molecule has 0 saturated carbocycles. The standard InChI is InChI=1S/C21H22BrN3O3/c1-4-18(27-17-9-13(2)8-14(3)10-17)21(26)23-12-19-24-20(25-28-19)15-6-5-7-16(22)11-15/h5-11,18H,4,12H2,1-3H3,(H,23,26)/t18-/m1/s1. The second-order valence-electron chi connectivity index (χ2n) is 6.58. The van der Waals surface area contributed by atoms with Crippen LogP contribution < -0.4 is 10.1 Å². The van der Waals surface area contributed by atoms with Crippen molar-refractivity contribution < 1.29 is 14.1 Å². The van der Waals surface area contributed by atoms with Gasteiger partial charge in [-0.3, -0.25) is 4.79 Å². The zero-order chi connectivity index (χ0) is 20.1. The van der Waals surface area contributed by atoms with E-state index >= 15 is 0 Å². The van der Waals surface area contributed by atoms with Crippen LogP contribution >= 0.6 is 15.9 Å². The van der Waals surface area contributed by atoms with E-state index in [9.17, 15) is 4.79 Å². The number of halogens is 1. The van der Waals surface area contributed by atoms with Crippen molar-refractivity contribution in [2.75, 3.05) is 0 Å². The molecule has 0 aliphatic rings. The van der Waals surface area contributed by atoms with E-state index in [0.717, 1.165) is 21.2 Å². The molecule has 6 nitrogen and oxygen atoms in total. The Balaban J connectivity index is 1.61. The van der Waals surface area contributed by atoms with Crippen molar-refractivity contribution >= 4 is 21.8 Å². The van der Waals surface area contributed by atoms with Gasteiger partial charge in [-0.2, -0.15) is 4.98 Å². The van der Waals surface area contributed by atoms with Crippen molar-refractivity contribution in [1.82, 2.24) is 15.5 Å². The van der Waals surface area contributed by atoms with Gasteiger partial charge in [0.2, 0.25) is 11.7 Å². The van der Waals surface area contributed by atoms with Gasteiger partial charge in [0.15, 0.2) is 6.10 Å². The summed E-state index contributed by atoms with van der Waals surface area (Å²) in [6.07, 6.45) is -0.0416. The zero-order valence-electron chi connectivity index (χ0n) is 16.0. The maximum Gasteiger partial charge on any atom is 0.261 e. The molecule has 1 N–H and O–H groups in total. The summed E-state index contributed by atoms with van der Waals surface area (Å²) in [5.41, 5.74) is 3.02. The minimum atomic E-state index is -0.589. The number of hydrogen-bond acceptors (Lipinski definition) is 5. The zero-order valence-corrected chi connectivity index (χ0v) is 17.6. The summed E-state index contributed by atoms with van der Waals surface area (Å²) >= 11 is 3.42. The highest BCUT2D eigenvalue weighted by molar-refractivity contribution is 9.10. The van der Waals surface area contributed by atoms with Crippen molar-refractivity contribution in [2.24, 2.45) is 0 Å². The molecule has 0 aliphatic carbocycles. The van der Waals surface area contributed by atoms with Crippen LogP contribution in [0.3, 0.4) is 0 Å². The number of aryl methyl sites for hydroxylation is 2. The second-order valence-corrected chi connectivity index (χ2v) is 7.49. The lowest BCUT2D eigenvalue weighted by Gasteiger charge is -2.17. The van der Waals surface area contributed by atoms with E-state index in [2.05, 4.69) is 37.5 Å². The Kier molecular flexibility index (Phi) is 6.46. The molecule has 1 aromatic heterocycles. The van der Waals surface area contributed by atoms with E-state index in [0.29, 0.717) is 23.9 Å². The first-order valence-electron chi connectivity index (χ1n) is 9.06. The SMILES string of the molecule is CC[C@@H](Oc1cc(C)cc(C)c1)C(=O)NCc1nc(-c2cccc(Br)c2)no1. The number of aromatic nitrogens is 2. The molecule has 0 bridgehead atoms. The van der Waals surface area contributed by atoms with Crippen LogP contribution in [-0.2, 0) is 11.3 Å².